The van der Waals surface area contributed by atoms with Crippen molar-refractivity contribution in [2.24, 2.45) is 0 Å². The summed E-state index contributed by atoms with van der Waals surface area (Å²) in [5.74, 6) is 0. The number of aryl methyl sites for hydroxylation is 1. The van der Waals surface area contributed by atoms with Crippen LogP contribution in [0.1, 0.15) is 24.5 Å². The van der Waals surface area contributed by atoms with E-state index in [0.717, 1.165) is 24.2 Å². The molecule has 0 radical (unpaired) electrons. The predicted octanol–water partition coefficient (Wildman–Crippen LogP) is 4.91. The molecule has 2 aromatic rings. The number of anilines is 2. The van der Waals surface area contributed by atoms with Crippen molar-refractivity contribution in [3.8, 4) is 6.07 Å². The van der Waals surface area contributed by atoms with Crippen molar-refractivity contribution in [3.63, 3.8) is 0 Å². The van der Waals surface area contributed by atoms with E-state index in [0.29, 0.717) is 10.6 Å². The van der Waals surface area contributed by atoms with E-state index in [2.05, 4.69) is 30.4 Å². The summed E-state index contributed by atoms with van der Waals surface area (Å²) in [6, 6.07) is 15.6. The molecule has 0 amide bonds. The fraction of sp³-hybridized carbons (Fsp3) is 0.188. The summed E-state index contributed by atoms with van der Waals surface area (Å²) in [7, 11) is 0. The second-order valence-electron chi connectivity index (χ2n) is 4.37. The molecular weight excluding hydrogens is 256 g/mol. The van der Waals surface area contributed by atoms with E-state index in [4.69, 9.17) is 16.9 Å². The van der Waals surface area contributed by atoms with Crippen LogP contribution in [0.2, 0.25) is 5.02 Å². The fourth-order valence-corrected chi connectivity index (χ4v) is 2.09. The van der Waals surface area contributed by atoms with E-state index in [1.165, 1.54) is 5.56 Å². The Bertz CT molecular complexity index is 597. The maximum atomic E-state index is 9.07. The van der Waals surface area contributed by atoms with Crippen LogP contribution in [0.5, 0.6) is 0 Å². The molecule has 2 aromatic carbocycles. The van der Waals surface area contributed by atoms with Crippen molar-refractivity contribution < 1.29 is 0 Å². The summed E-state index contributed by atoms with van der Waals surface area (Å²) < 4.78 is 0. The second-order valence-corrected chi connectivity index (χ2v) is 4.81. The van der Waals surface area contributed by atoms with Crippen molar-refractivity contribution >= 4 is 23.0 Å². The summed E-state index contributed by atoms with van der Waals surface area (Å²) in [6.45, 7) is 2.16. The van der Waals surface area contributed by atoms with Gasteiger partial charge in [0, 0.05) is 10.7 Å². The van der Waals surface area contributed by atoms with Gasteiger partial charge in [-0.3, -0.25) is 0 Å². The summed E-state index contributed by atoms with van der Waals surface area (Å²) in [5, 5.41) is 12.9. The average molecular weight is 271 g/mol. The summed E-state index contributed by atoms with van der Waals surface area (Å²) in [4.78, 5) is 0. The number of nitriles is 1. The summed E-state index contributed by atoms with van der Waals surface area (Å²) in [6.07, 6.45) is 2.22. The van der Waals surface area contributed by atoms with Crippen LogP contribution in [0.25, 0.3) is 0 Å². The Morgan fingerprint density at radius 1 is 1.16 bits per heavy atom. The van der Waals surface area contributed by atoms with E-state index in [1.807, 2.05) is 12.1 Å². The van der Waals surface area contributed by atoms with Crippen LogP contribution in [0.15, 0.2) is 42.5 Å². The maximum absolute atomic E-state index is 9.07. The van der Waals surface area contributed by atoms with Gasteiger partial charge in [0.1, 0.15) is 6.07 Å². The lowest BCUT2D eigenvalue weighted by Crippen LogP contribution is -1.94. The van der Waals surface area contributed by atoms with E-state index in [-0.39, 0.29) is 0 Å². The van der Waals surface area contributed by atoms with Crippen molar-refractivity contribution in [1.82, 2.24) is 0 Å². The Labute approximate surface area is 118 Å². The molecule has 19 heavy (non-hydrogen) atoms. The third-order valence-electron chi connectivity index (χ3n) is 2.87. The molecule has 0 aromatic heterocycles. The molecule has 0 fully saturated rings. The van der Waals surface area contributed by atoms with Crippen LogP contribution in [-0.2, 0) is 6.42 Å². The van der Waals surface area contributed by atoms with Crippen molar-refractivity contribution in [2.75, 3.05) is 5.32 Å². The molecule has 0 aliphatic carbocycles. The van der Waals surface area contributed by atoms with Crippen LogP contribution in [0, 0.1) is 11.3 Å². The number of hydrogen-bond donors (Lipinski definition) is 1. The van der Waals surface area contributed by atoms with Gasteiger partial charge in [-0.05, 0) is 42.3 Å². The maximum Gasteiger partial charge on any atom is 0.101 e. The van der Waals surface area contributed by atoms with E-state index >= 15 is 0 Å². The molecule has 0 aliphatic heterocycles. The highest BCUT2D eigenvalue weighted by Crippen LogP contribution is 2.24. The zero-order chi connectivity index (χ0) is 13.7. The lowest BCUT2D eigenvalue weighted by atomic mass is 10.1. The number of nitrogens with one attached hydrogen (secondary N) is 1. The molecule has 0 unspecified atom stereocenters. The number of rotatable bonds is 4. The minimum absolute atomic E-state index is 0.585. The molecule has 0 spiro atoms. The molecule has 0 bridgehead atoms. The molecule has 2 nitrogen and oxygen atoms in total. The largest absolute Gasteiger partial charge is 0.354 e. The van der Waals surface area contributed by atoms with Gasteiger partial charge in [-0.1, -0.05) is 37.1 Å². The number of hydrogen-bond acceptors (Lipinski definition) is 2. The summed E-state index contributed by atoms with van der Waals surface area (Å²) >= 11 is 5.96. The molecule has 0 atom stereocenters. The van der Waals surface area contributed by atoms with Gasteiger partial charge in [-0.2, -0.15) is 5.26 Å². The van der Waals surface area contributed by atoms with Crippen molar-refractivity contribution in [3.05, 3.63) is 58.6 Å². The first kappa shape index (κ1) is 13.5. The smallest absolute Gasteiger partial charge is 0.101 e. The first-order chi connectivity index (χ1) is 9.22. The van der Waals surface area contributed by atoms with Gasteiger partial charge in [0.05, 0.1) is 11.3 Å². The van der Waals surface area contributed by atoms with Crippen LogP contribution >= 0.6 is 11.6 Å². The zero-order valence-corrected chi connectivity index (χ0v) is 11.5. The normalized spacial score (nSPS) is 9.95. The van der Waals surface area contributed by atoms with Crippen LogP contribution in [-0.4, -0.2) is 0 Å². The molecule has 2 rings (SSSR count). The van der Waals surface area contributed by atoms with Crippen LogP contribution in [0.4, 0.5) is 11.4 Å². The molecule has 3 heteroatoms. The number of halogens is 1. The van der Waals surface area contributed by atoms with E-state index in [9.17, 15) is 0 Å². The number of nitrogens with zero attached hydrogens (tertiary/aromatic N) is 1. The lowest BCUT2D eigenvalue weighted by molar-refractivity contribution is 0.922. The molecular formula is C16H15ClN2. The van der Waals surface area contributed by atoms with Gasteiger partial charge in [0.25, 0.3) is 0 Å². The first-order valence-corrected chi connectivity index (χ1v) is 6.66. The van der Waals surface area contributed by atoms with E-state index < -0.39 is 0 Å². The molecule has 0 saturated carbocycles. The standard InChI is InChI=1S/C16H15ClN2/c1-2-3-12-4-8-15(9-5-12)19-16-10-14(17)7-6-13(16)11-18/h4-10,19H,2-3H2,1H3. The van der Waals surface area contributed by atoms with Crippen LogP contribution in [0.3, 0.4) is 0 Å². The molecule has 0 heterocycles. The van der Waals surface area contributed by atoms with E-state index in [1.54, 1.807) is 18.2 Å². The third kappa shape index (κ3) is 3.49. The topological polar surface area (TPSA) is 35.8 Å². The van der Waals surface area contributed by atoms with Gasteiger partial charge in [0.2, 0.25) is 0 Å². The number of benzene rings is 2. The van der Waals surface area contributed by atoms with Gasteiger partial charge >= 0.3 is 0 Å². The van der Waals surface area contributed by atoms with Crippen LogP contribution < -0.4 is 5.32 Å². The Hall–Kier alpha value is -1.98. The third-order valence-corrected chi connectivity index (χ3v) is 3.11. The predicted molar refractivity (Wildman–Crippen MR) is 79.9 cm³/mol. The Morgan fingerprint density at radius 2 is 1.89 bits per heavy atom. The molecule has 0 saturated heterocycles. The Morgan fingerprint density at radius 3 is 2.53 bits per heavy atom. The first-order valence-electron chi connectivity index (χ1n) is 6.28. The highest BCUT2D eigenvalue weighted by Gasteiger charge is 2.03. The minimum Gasteiger partial charge on any atom is -0.354 e. The zero-order valence-electron chi connectivity index (χ0n) is 10.8. The molecule has 0 aliphatic rings. The monoisotopic (exact) mass is 270 g/mol. The minimum atomic E-state index is 0.585. The second kappa shape index (κ2) is 6.26. The lowest BCUT2D eigenvalue weighted by Gasteiger charge is -2.09. The Kier molecular flexibility index (Phi) is 4.43. The summed E-state index contributed by atoms with van der Waals surface area (Å²) in [5.41, 5.74) is 3.60. The van der Waals surface area contributed by atoms with Gasteiger partial charge in [-0.25, -0.2) is 0 Å². The highest BCUT2D eigenvalue weighted by molar-refractivity contribution is 6.30. The fourth-order valence-electron chi connectivity index (χ4n) is 1.92. The van der Waals surface area contributed by atoms with Crippen molar-refractivity contribution in [1.29, 1.82) is 5.26 Å². The Balaban J connectivity index is 2.21. The SMILES string of the molecule is CCCc1ccc(Nc2cc(Cl)ccc2C#N)cc1. The van der Waals surface area contributed by atoms with Gasteiger partial charge in [-0.15, -0.1) is 0 Å². The molecule has 96 valence electrons. The van der Waals surface area contributed by atoms with Gasteiger partial charge in [0.15, 0.2) is 0 Å². The average Bonchev–Trinajstić information content (AvgIpc) is 2.42. The van der Waals surface area contributed by atoms with Crippen molar-refractivity contribution in [2.45, 2.75) is 19.8 Å². The highest BCUT2D eigenvalue weighted by atomic mass is 35.5. The quantitative estimate of drug-likeness (QED) is 0.857. The van der Waals surface area contributed by atoms with Gasteiger partial charge < -0.3 is 5.32 Å². The molecule has 1 N–H and O–H groups in total.